The first-order chi connectivity index (χ1) is 14.5. The number of hydrogen-bond acceptors (Lipinski definition) is 6. The van der Waals surface area contributed by atoms with Crippen LogP contribution < -0.4 is 0 Å². The number of likely N-dealkylation sites (tertiary alicyclic amines) is 1. The lowest BCUT2D eigenvalue weighted by Crippen LogP contribution is -2.45. The zero-order chi connectivity index (χ0) is 21.1. The SMILES string of the molecule is CN(C)C(=O)c1sc2ccccc2c1C[C@H]1CCCCN1C(=O)CCn1cnnn1. The van der Waals surface area contributed by atoms with Crippen LogP contribution in [0.4, 0.5) is 0 Å². The molecule has 1 fully saturated rings. The maximum Gasteiger partial charge on any atom is 0.263 e. The van der Waals surface area contributed by atoms with Crippen LogP contribution in [0.25, 0.3) is 10.1 Å². The maximum atomic E-state index is 13.0. The van der Waals surface area contributed by atoms with Crippen molar-refractivity contribution in [3.05, 3.63) is 41.0 Å². The van der Waals surface area contributed by atoms with Crippen molar-refractivity contribution in [2.45, 2.75) is 44.7 Å². The third kappa shape index (κ3) is 4.21. The standard InChI is InChI=1S/C21H26N6O2S/c1-25(2)21(29)20-17(16-8-3-4-9-18(16)30-20)13-15-7-5-6-11-27(15)19(28)10-12-26-14-22-23-24-26/h3-4,8-9,14-15H,5-7,10-13H2,1-2H3/t15-/m1/s1. The highest BCUT2D eigenvalue weighted by molar-refractivity contribution is 7.21. The van der Waals surface area contributed by atoms with Crippen molar-refractivity contribution in [3.8, 4) is 0 Å². The van der Waals surface area contributed by atoms with Crippen LogP contribution >= 0.6 is 11.3 Å². The largest absolute Gasteiger partial charge is 0.344 e. The first-order valence-electron chi connectivity index (χ1n) is 10.3. The molecule has 0 bridgehead atoms. The van der Waals surface area contributed by atoms with E-state index >= 15 is 0 Å². The molecule has 0 N–H and O–H groups in total. The number of tetrazole rings is 1. The van der Waals surface area contributed by atoms with Crippen LogP contribution in [0.5, 0.6) is 0 Å². The van der Waals surface area contributed by atoms with Crippen LogP contribution in [-0.2, 0) is 17.8 Å². The number of carbonyl (C=O) groups excluding carboxylic acids is 2. The molecule has 1 aliphatic heterocycles. The number of thiophene rings is 1. The fourth-order valence-corrected chi connectivity index (χ4v) is 5.34. The predicted molar refractivity (Wildman–Crippen MR) is 115 cm³/mol. The van der Waals surface area contributed by atoms with Crippen molar-refractivity contribution < 1.29 is 9.59 Å². The minimum Gasteiger partial charge on any atom is -0.344 e. The van der Waals surface area contributed by atoms with E-state index in [1.807, 2.05) is 17.0 Å². The quantitative estimate of drug-likeness (QED) is 0.605. The first kappa shape index (κ1) is 20.5. The lowest BCUT2D eigenvalue weighted by atomic mass is 9.93. The van der Waals surface area contributed by atoms with Crippen LogP contribution in [0.2, 0.25) is 0 Å². The van der Waals surface area contributed by atoms with Gasteiger partial charge in [-0.2, -0.15) is 0 Å². The van der Waals surface area contributed by atoms with E-state index in [9.17, 15) is 9.59 Å². The van der Waals surface area contributed by atoms with E-state index in [2.05, 4.69) is 27.7 Å². The van der Waals surface area contributed by atoms with Crippen molar-refractivity contribution in [2.75, 3.05) is 20.6 Å². The van der Waals surface area contributed by atoms with E-state index in [0.717, 1.165) is 46.3 Å². The molecule has 0 radical (unpaired) electrons. The summed E-state index contributed by atoms with van der Waals surface area (Å²) in [5, 5.41) is 12.2. The molecule has 1 atom stereocenters. The maximum absolute atomic E-state index is 13.0. The molecule has 2 aromatic heterocycles. The summed E-state index contributed by atoms with van der Waals surface area (Å²) in [7, 11) is 3.57. The van der Waals surface area contributed by atoms with Gasteiger partial charge in [0.15, 0.2) is 0 Å². The normalized spacial score (nSPS) is 16.7. The number of carbonyl (C=O) groups is 2. The second kappa shape index (κ2) is 8.91. The summed E-state index contributed by atoms with van der Waals surface area (Å²) >= 11 is 1.55. The van der Waals surface area contributed by atoms with Gasteiger partial charge in [0.25, 0.3) is 5.91 Å². The fourth-order valence-electron chi connectivity index (χ4n) is 4.09. The highest BCUT2D eigenvalue weighted by atomic mass is 32.1. The summed E-state index contributed by atoms with van der Waals surface area (Å²) in [6, 6.07) is 8.26. The molecule has 9 heteroatoms. The van der Waals surface area contributed by atoms with Gasteiger partial charge in [-0.15, -0.1) is 16.4 Å². The van der Waals surface area contributed by atoms with Crippen molar-refractivity contribution in [3.63, 3.8) is 0 Å². The summed E-state index contributed by atoms with van der Waals surface area (Å²) in [6.45, 7) is 1.24. The van der Waals surface area contributed by atoms with Gasteiger partial charge in [-0.25, -0.2) is 4.68 Å². The summed E-state index contributed by atoms with van der Waals surface area (Å²) in [5.41, 5.74) is 1.07. The summed E-state index contributed by atoms with van der Waals surface area (Å²) in [6.07, 6.45) is 5.67. The Labute approximate surface area is 179 Å². The predicted octanol–water partition coefficient (Wildman–Crippen LogP) is 2.60. The lowest BCUT2D eigenvalue weighted by Gasteiger charge is -2.36. The zero-order valence-corrected chi connectivity index (χ0v) is 18.1. The topological polar surface area (TPSA) is 84.2 Å². The van der Waals surface area contributed by atoms with Gasteiger partial charge in [0, 0.05) is 37.8 Å². The molecule has 0 spiro atoms. The zero-order valence-electron chi connectivity index (χ0n) is 17.3. The molecule has 1 saturated heterocycles. The average molecular weight is 427 g/mol. The molecular weight excluding hydrogens is 400 g/mol. The molecule has 30 heavy (non-hydrogen) atoms. The van der Waals surface area contributed by atoms with Crippen molar-refractivity contribution in [1.82, 2.24) is 30.0 Å². The van der Waals surface area contributed by atoms with Gasteiger partial charge in [-0.3, -0.25) is 9.59 Å². The fraction of sp³-hybridized carbons (Fsp3) is 0.476. The molecule has 2 amide bonds. The van der Waals surface area contributed by atoms with Crippen LogP contribution in [0.1, 0.15) is 40.9 Å². The van der Waals surface area contributed by atoms with Gasteiger partial charge in [0.05, 0.1) is 11.4 Å². The van der Waals surface area contributed by atoms with E-state index in [1.54, 1.807) is 35.0 Å². The van der Waals surface area contributed by atoms with E-state index in [-0.39, 0.29) is 17.9 Å². The molecule has 0 aliphatic carbocycles. The molecule has 8 nitrogen and oxygen atoms in total. The van der Waals surface area contributed by atoms with E-state index < -0.39 is 0 Å². The Balaban J connectivity index is 1.58. The van der Waals surface area contributed by atoms with Gasteiger partial charge < -0.3 is 9.80 Å². The van der Waals surface area contributed by atoms with E-state index in [4.69, 9.17) is 0 Å². The van der Waals surface area contributed by atoms with Crippen molar-refractivity contribution >= 4 is 33.2 Å². The minimum absolute atomic E-state index is 0.0265. The molecule has 0 unspecified atom stereocenters. The van der Waals surface area contributed by atoms with Crippen LogP contribution in [0, 0.1) is 0 Å². The third-order valence-electron chi connectivity index (χ3n) is 5.63. The number of aryl methyl sites for hydroxylation is 1. The van der Waals surface area contributed by atoms with E-state index in [0.29, 0.717) is 19.4 Å². The molecular formula is C21H26N6O2S. The van der Waals surface area contributed by atoms with Gasteiger partial charge in [-0.1, -0.05) is 18.2 Å². The number of amides is 2. The van der Waals surface area contributed by atoms with Crippen LogP contribution in [0.3, 0.4) is 0 Å². The highest BCUT2D eigenvalue weighted by Gasteiger charge is 2.30. The number of fused-ring (bicyclic) bond motifs is 1. The number of aromatic nitrogens is 4. The van der Waals surface area contributed by atoms with Gasteiger partial charge in [-0.05, 0) is 53.1 Å². The summed E-state index contributed by atoms with van der Waals surface area (Å²) < 4.78 is 2.70. The summed E-state index contributed by atoms with van der Waals surface area (Å²) in [4.78, 5) is 30.3. The number of rotatable bonds is 6. The molecule has 158 valence electrons. The second-order valence-corrected chi connectivity index (χ2v) is 8.92. The number of benzene rings is 1. The molecule has 1 aromatic carbocycles. The Bertz CT molecular complexity index is 1030. The Morgan fingerprint density at radius 3 is 2.83 bits per heavy atom. The molecule has 3 heterocycles. The Kier molecular flexibility index (Phi) is 6.08. The molecule has 4 rings (SSSR count). The molecule has 1 aliphatic rings. The smallest absolute Gasteiger partial charge is 0.263 e. The van der Waals surface area contributed by atoms with Crippen molar-refractivity contribution in [1.29, 1.82) is 0 Å². The van der Waals surface area contributed by atoms with Gasteiger partial charge >= 0.3 is 0 Å². The number of piperidine rings is 1. The number of hydrogen-bond donors (Lipinski definition) is 0. The van der Waals surface area contributed by atoms with Crippen molar-refractivity contribution in [2.24, 2.45) is 0 Å². The van der Waals surface area contributed by atoms with Crippen LogP contribution in [-0.4, -0.2) is 68.5 Å². The Morgan fingerprint density at radius 2 is 2.07 bits per heavy atom. The molecule has 0 saturated carbocycles. The highest BCUT2D eigenvalue weighted by Crippen LogP contribution is 2.35. The number of nitrogens with zero attached hydrogens (tertiary/aromatic N) is 6. The monoisotopic (exact) mass is 426 g/mol. The molecule has 3 aromatic rings. The summed E-state index contributed by atoms with van der Waals surface area (Å²) in [5.74, 6) is 0.147. The third-order valence-corrected chi connectivity index (χ3v) is 6.83. The van der Waals surface area contributed by atoms with Gasteiger partial charge in [0.1, 0.15) is 6.33 Å². The first-order valence-corrected chi connectivity index (χ1v) is 11.1. The van der Waals surface area contributed by atoms with E-state index in [1.165, 1.54) is 6.33 Å². The Morgan fingerprint density at radius 1 is 1.23 bits per heavy atom. The van der Waals surface area contributed by atoms with Crippen LogP contribution in [0.15, 0.2) is 30.6 Å². The lowest BCUT2D eigenvalue weighted by molar-refractivity contribution is -0.135. The average Bonchev–Trinajstić information content (AvgIpc) is 3.40. The Hall–Kier alpha value is -2.81. The second-order valence-electron chi connectivity index (χ2n) is 7.87. The minimum atomic E-state index is 0.0265. The van der Waals surface area contributed by atoms with Gasteiger partial charge in [0.2, 0.25) is 5.91 Å².